The summed E-state index contributed by atoms with van der Waals surface area (Å²) in [5, 5.41) is 4.01. The highest BCUT2D eigenvalue weighted by molar-refractivity contribution is 9.10. The van der Waals surface area contributed by atoms with Gasteiger partial charge in [-0.25, -0.2) is 4.39 Å². The van der Waals surface area contributed by atoms with Gasteiger partial charge in [0.1, 0.15) is 5.82 Å². The van der Waals surface area contributed by atoms with E-state index in [1.165, 1.54) is 6.07 Å². The maximum absolute atomic E-state index is 13.7. The van der Waals surface area contributed by atoms with E-state index in [0.29, 0.717) is 12.1 Å². The fourth-order valence-electron chi connectivity index (χ4n) is 1.80. The average molecular weight is 343 g/mol. The third kappa shape index (κ3) is 4.03. The fourth-order valence-corrected chi connectivity index (χ4v) is 2.26. The standard InChI is InChI=1S/C15H14BrClFN/c1-10(11-3-6-14(17)7-4-11)19-9-12-2-5-13(16)8-15(12)18/h2-8,10,19H,9H2,1H3. The van der Waals surface area contributed by atoms with Gasteiger partial charge in [-0.15, -0.1) is 0 Å². The summed E-state index contributed by atoms with van der Waals surface area (Å²) in [4.78, 5) is 0. The normalized spacial score (nSPS) is 12.4. The number of halogens is 3. The Morgan fingerprint density at radius 2 is 1.89 bits per heavy atom. The van der Waals surface area contributed by atoms with Gasteiger partial charge in [0.2, 0.25) is 0 Å². The number of hydrogen-bond donors (Lipinski definition) is 1. The van der Waals surface area contributed by atoms with Crippen molar-refractivity contribution >= 4 is 27.5 Å². The summed E-state index contributed by atoms with van der Waals surface area (Å²) in [5.74, 6) is -0.204. The Labute approximate surface area is 125 Å². The second-order valence-corrected chi connectivity index (χ2v) is 5.74. The van der Waals surface area contributed by atoms with Gasteiger partial charge in [0.05, 0.1) is 0 Å². The van der Waals surface area contributed by atoms with E-state index in [1.54, 1.807) is 6.07 Å². The van der Waals surface area contributed by atoms with E-state index in [2.05, 4.69) is 21.2 Å². The maximum Gasteiger partial charge on any atom is 0.128 e. The highest BCUT2D eigenvalue weighted by Gasteiger charge is 2.07. The van der Waals surface area contributed by atoms with Crippen molar-refractivity contribution in [2.75, 3.05) is 0 Å². The van der Waals surface area contributed by atoms with Gasteiger partial charge < -0.3 is 5.32 Å². The molecule has 100 valence electrons. The lowest BCUT2D eigenvalue weighted by atomic mass is 10.1. The molecule has 0 aliphatic heterocycles. The third-order valence-corrected chi connectivity index (χ3v) is 3.73. The van der Waals surface area contributed by atoms with Crippen LogP contribution in [0.3, 0.4) is 0 Å². The van der Waals surface area contributed by atoms with E-state index >= 15 is 0 Å². The van der Waals surface area contributed by atoms with E-state index in [9.17, 15) is 4.39 Å². The molecule has 1 atom stereocenters. The zero-order chi connectivity index (χ0) is 13.8. The lowest BCUT2D eigenvalue weighted by Gasteiger charge is -2.15. The predicted octanol–water partition coefficient (Wildman–Crippen LogP) is 5.09. The Kier molecular flexibility index (Phi) is 4.97. The number of rotatable bonds is 4. The van der Waals surface area contributed by atoms with Crippen LogP contribution in [0.4, 0.5) is 4.39 Å². The van der Waals surface area contributed by atoms with Gasteiger partial charge in [0, 0.05) is 27.6 Å². The van der Waals surface area contributed by atoms with Crippen molar-refractivity contribution in [1.29, 1.82) is 0 Å². The van der Waals surface area contributed by atoms with E-state index in [1.807, 2.05) is 37.3 Å². The molecule has 0 aliphatic carbocycles. The van der Waals surface area contributed by atoms with Crippen LogP contribution in [0.1, 0.15) is 24.1 Å². The van der Waals surface area contributed by atoms with Crippen LogP contribution in [0.2, 0.25) is 5.02 Å². The Morgan fingerprint density at radius 3 is 2.53 bits per heavy atom. The molecule has 2 rings (SSSR count). The molecular weight excluding hydrogens is 329 g/mol. The summed E-state index contributed by atoms with van der Waals surface area (Å²) in [6.45, 7) is 2.53. The smallest absolute Gasteiger partial charge is 0.128 e. The van der Waals surface area contributed by atoms with Gasteiger partial charge in [-0.3, -0.25) is 0 Å². The molecule has 0 saturated heterocycles. The zero-order valence-corrected chi connectivity index (χ0v) is 12.8. The van der Waals surface area contributed by atoms with Crippen molar-refractivity contribution in [3.8, 4) is 0 Å². The summed E-state index contributed by atoms with van der Waals surface area (Å²) in [5.41, 5.74) is 1.78. The van der Waals surface area contributed by atoms with Gasteiger partial charge >= 0.3 is 0 Å². The van der Waals surface area contributed by atoms with Crippen molar-refractivity contribution in [3.63, 3.8) is 0 Å². The minimum absolute atomic E-state index is 0.139. The molecule has 1 nitrogen and oxygen atoms in total. The average Bonchev–Trinajstić information content (AvgIpc) is 2.38. The molecule has 0 heterocycles. The minimum Gasteiger partial charge on any atom is -0.306 e. The summed E-state index contributed by atoms with van der Waals surface area (Å²) in [6, 6.07) is 12.9. The van der Waals surface area contributed by atoms with Gasteiger partial charge in [0.15, 0.2) is 0 Å². The van der Waals surface area contributed by atoms with Crippen LogP contribution >= 0.6 is 27.5 Å². The molecule has 0 radical (unpaired) electrons. The topological polar surface area (TPSA) is 12.0 Å². The van der Waals surface area contributed by atoms with Crippen molar-refractivity contribution in [1.82, 2.24) is 5.32 Å². The molecule has 2 aromatic rings. The van der Waals surface area contributed by atoms with Crippen molar-refractivity contribution in [2.24, 2.45) is 0 Å². The predicted molar refractivity (Wildman–Crippen MR) is 80.8 cm³/mol. The van der Waals surface area contributed by atoms with Crippen molar-refractivity contribution in [3.05, 3.63) is 68.9 Å². The molecule has 1 unspecified atom stereocenters. The van der Waals surface area contributed by atoms with Crippen LogP contribution in [0.25, 0.3) is 0 Å². The summed E-state index contributed by atoms with van der Waals surface area (Å²) >= 11 is 9.10. The van der Waals surface area contributed by atoms with Crippen molar-refractivity contribution < 1.29 is 4.39 Å². The van der Waals surface area contributed by atoms with E-state index in [-0.39, 0.29) is 11.9 Å². The highest BCUT2D eigenvalue weighted by atomic mass is 79.9. The summed E-state index contributed by atoms with van der Waals surface area (Å²) in [7, 11) is 0. The quantitative estimate of drug-likeness (QED) is 0.816. The van der Waals surface area contributed by atoms with Crippen molar-refractivity contribution in [2.45, 2.75) is 19.5 Å². The number of benzene rings is 2. The molecule has 0 aromatic heterocycles. The first-order valence-corrected chi connectivity index (χ1v) is 7.16. The lowest BCUT2D eigenvalue weighted by Crippen LogP contribution is -2.18. The van der Waals surface area contributed by atoms with E-state index in [4.69, 9.17) is 11.6 Å². The van der Waals surface area contributed by atoms with Crippen LogP contribution in [0, 0.1) is 5.82 Å². The lowest BCUT2D eigenvalue weighted by molar-refractivity contribution is 0.544. The first kappa shape index (κ1) is 14.5. The zero-order valence-electron chi connectivity index (χ0n) is 10.5. The highest BCUT2D eigenvalue weighted by Crippen LogP contribution is 2.18. The number of hydrogen-bond acceptors (Lipinski definition) is 1. The van der Waals surface area contributed by atoms with Crippen LogP contribution < -0.4 is 5.32 Å². The molecule has 0 spiro atoms. The molecule has 2 aromatic carbocycles. The molecule has 19 heavy (non-hydrogen) atoms. The minimum atomic E-state index is -0.204. The van der Waals surface area contributed by atoms with E-state index in [0.717, 1.165) is 15.1 Å². The van der Waals surface area contributed by atoms with Crippen LogP contribution in [-0.2, 0) is 6.54 Å². The molecule has 0 bridgehead atoms. The molecular formula is C15H14BrClFN. The molecule has 0 saturated carbocycles. The van der Waals surface area contributed by atoms with Crippen LogP contribution in [0.5, 0.6) is 0 Å². The van der Waals surface area contributed by atoms with Gasteiger partial charge in [-0.2, -0.15) is 0 Å². The van der Waals surface area contributed by atoms with Crippen LogP contribution in [-0.4, -0.2) is 0 Å². The second kappa shape index (κ2) is 6.51. The summed E-state index contributed by atoms with van der Waals surface area (Å²) in [6.07, 6.45) is 0. The fraction of sp³-hybridized carbons (Fsp3) is 0.200. The Bertz CT molecular complexity index is 557. The Balaban J connectivity index is 2.00. The first-order chi connectivity index (χ1) is 9.06. The Hall–Kier alpha value is -0.900. The monoisotopic (exact) mass is 341 g/mol. The molecule has 0 amide bonds. The first-order valence-electron chi connectivity index (χ1n) is 5.99. The van der Waals surface area contributed by atoms with Gasteiger partial charge in [-0.1, -0.05) is 45.7 Å². The SMILES string of the molecule is CC(NCc1ccc(Br)cc1F)c1ccc(Cl)cc1. The molecule has 4 heteroatoms. The second-order valence-electron chi connectivity index (χ2n) is 4.39. The largest absolute Gasteiger partial charge is 0.306 e. The van der Waals surface area contributed by atoms with E-state index < -0.39 is 0 Å². The maximum atomic E-state index is 13.7. The van der Waals surface area contributed by atoms with Gasteiger partial charge in [0.25, 0.3) is 0 Å². The third-order valence-electron chi connectivity index (χ3n) is 2.98. The Morgan fingerprint density at radius 1 is 1.21 bits per heavy atom. The molecule has 1 N–H and O–H groups in total. The van der Waals surface area contributed by atoms with Crippen LogP contribution in [0.15, 0.2) is 46.9 Å². The molecule has 0 fully saturated rings. The molecule has 0 aliphatic rings. The number of nitrogens with one attached hydrogen (secondary N) is 1. The van der Waals surface area contributed by atoms with Gasteiger partial charge in [-0.05, 0) is 36.8 Å². The summed E-state index contributed by atoms with van der Waals surface area (Å²) < 4.78 is 14.4.